The summed E-state index contributed by atoms with van der Waals surface area (Å²) in [7, 11) is 0. The molecule has 5 nitrogen and oxygen atoms in total. The molecule has 0 amide bonds. The van der Waals surface area contributed by atoms with Gasteiger partial charge >= 0.3 is 0 Å². The molecule has 0 radical (unpaired) electrons. The number of aliphatic imine (C=N–C) groups is 1. The maximum Gasteiger partial charge on any atom is 0.191 e. The number of hydrogen-bond donors (Lipinski definition) is 2. The molecule has 0 atom stereocenters. The van der Waals surface area contributed by atoms with Gasteiger partial charge in [-0.15, -0.1) is 24.0 Å². The second kappa shape index (κ2) is 14.5. The monoisotopic (exact) mass is 426 g/mol. The molecule has 1 aliphatic heterocycles. The topological polar surface area (TPSA) is 48.9 Å². The van der Waals surface area contributed by atoms with Crippen molar-refractivity contribution >= 4 is 29.9 Å². The van der Waals surface area contributed by atoms with Crippen LogP contribution in [0, 0.1) is 5.92 Å². The van der Waals surface area contributed by atoms with Crippen LogP contribution in [-0.4, -0.2) is 63.3 Å². The average molecular weight is 426 g/mol. The van der Waals surface area contributed by atoms with Crippen molar-refractivity contribution in [3.8, 4) is 0 Å². The molecule has 0 aliphatic carbocycles. The number of unbranched alkanes of at least 4 members (excludes halogenated alkanes) is 1. The predicted octanol–water partition coefficient (Wildman–Crippen LogP) is 2.32. The summed E-state index contributed by atoms with van der Waals surface area (Å²) in [4.78, 5) is 7.13. The van der Waals surface area contributed by atoms with E-state index < -0.39 is 0 Å². The quantitative estimate of drug-likeness (QED) is 0.257. The first kappa shape index (κ1) is 21.9. The van der Waals surface area contributed by atoms with Crippen molar-refractivity contribution < 1.29 is 4.74 Å². The third-order valence-electron chi connectivity index (χ3n) is 3.61. The Kier molecular flexibility index (Phi) is 14.5. The van der Waals surface area contributed by atoms with Crippen LogP contribution in [0.3, 0.4) is 0 Å². The van der Waals surface area contributed by atoms with Gasteiger partial charge in [0.2, 0.25) is 0 Å². The molecule has 0 aromatic rings. The van der Waals surface area contributed by atoms with Gasteiger partial charge in [0.25, 0.3) is 0 Å². The normalized spacial score (nSPS) is 16.5. The van der Waals surface area contributed by atoms with Gasteiger partial charge in [0, 0.05) is 32.7 Å². The van der Waals surface area contributed by atoms with Crippen molar-refractivity contribution in [1.82, 2.24) is 15.5 Å². The Hall–Kier alpha value is -0.0800. The lowest BCUT2D eigenvalue weighted by atomic mass is 10.1. The third kappa shape index (κ3) is 11.5. The van der Waals surface area contributed by atoms with Crippen molar-refractivity contribution in [1.29, 1.82) is 0 Å². The fraction of sp³-hybridized carbons (Fsp3) is 0.938. The maximum atomic E-state index is 5.36. The third-order valence-corrected chi connectivity index (χ3v) is 3.61. The Morgan fingerprint density at radius 1 is 1.18 bits per heavy atom. The Morgan fingerprint density at radius 2 is 1.91 bits per heavy atom. The highest BCUT2D eigenvalue weighted by Crippen LogP contribution is 2.00. The summed E-state index contributed by atoms with van der Waals surface area (Å²) in [5.41, 5.74) is 0. The number of ether oxygens (including phenoxy) is 1. The smallest absolute Gasteiger partial charge is 0.191 e. The number of nitrogens with zero attached hydrogens (tertiary/aromatic N) is 2. The highest BCUT2D eigenvalue weighted by atomic mass is 127. The number of hydrogen-bond acceptors (Lipinski definition) is 3. The lowest BCUT2D eigenvalue weighted by molar-refractivity contribution is 0.0373. The number of morpholine rings is 1. The zero-order valence-electron chi connectivity index (χ0n) is 14.6. The summed E-state index contributed by atoms with van der Waals surface area (Å²) < 4.78 is 5.36. The molecule has 6 heteroatoms. The standard InChI is InChI=1S/C16H34N4O.HI/c1-4-17-16(19-9-7-15(2)3)18-8-5-6-10-20-11-13-21-14-12-20;/h15H,4-14H2,1-3H3,(H2,17,18,19);1H. The molecule has 0 unspecified atom stereocenters. The summed E-state index contributed by atoms with van der Waals surface area (Å²) in [6.07, 6.45) is 3.55. The average Bonchev–Trinajstić information content (AvgIpc) is 2.47. The van der Waals surface area contributed by atoms with Crippen molar-refractivity contribution in [2.24, 2.45) is 10.9 Å². The van der Waals surface area contributed by atoms with E-state index in [-0.39, 0.29) is 24.0 Å². The molecule has 132 valence electrons. The van der Waals surface area contributed by atoms with Crippen LogP contribution in [0.15, 0.2) is 4.99 Å². The van der Waals surface area contributed by atoms with Crippen LogP contribution in [0.4, 0.5) is 0 Å². The summed E-state index contributed by atoms with van der Waals surface area (Å²) in [6.45, 7) is 14.6. The summed E-state index contributed by atoms with van der Waals surface area (Å²) in [6, 6.07) is 0. The van der Waals surface area contributed by atoms with E-state index in [0.717, 1.165) is 64.2 Å². The van der Waals surface area contributed by atoms with Crippen molar-refractivity contribution in [3.63, 3.8) is 0 Å². The molecule has 0 aromatic heterocycles. The molecule has 2 N–H and O–H groups in total. The van der Waals surface area contributed by atoms with Gasteiger partial charge in [-0.1, -0.05) is 13.8 Å². The number of guanidine groups is 1. The molecular formula is C16H35IN4O. The molecule has 1 fully saturated rings. The maximum absolute atomic E-state index is 5.36. The van der Waals surface area contributed by atoms with Gasteiger partial charge in [-0.2, -0.15) is 0 Å². The highest BCUT2D eigenvalue weighted by Gasteiger charge is 2.08. The number of rotatable bonds is 9. The van der Waals surface area contributed by atoms with E-state index in [0.29, 0.717) is 0 Å². The van der Waals surface area contributed by atoms with Crippen LogP contribution in [0.25, 0.3) is 0 Å². The van der Waals surface area contributed by atoms with Crippen LogP contribution >= 0.6 is 24.0 Å². The largest absolute Gasteiger partial charge is 0.379 e. The number of nitrogens with one attached hydrogen (secondary N) is 2. The second-order valence-corrected chi connectivity index (χ2v) is 6.03. The molecule has 22 heavy (non-hydrogen) atoms. The first-order valence-corrected chi connectivity index (χ1v) is 8.54. The minimum absolute atomic E-state index is 0. The molecule has 0 bridgehead atoms. The Labute approximate surface area is 153 Å². The number of halogens is 1. The van der Waals surface area contributed by atoms with Gasteiger partial charge in [0.15, 0.2) is 5.96 Å². The predicted molar refractivity (Wildman–Crippen MR) is 105 cm³/mol. The molecule has 1 rings (SSSR count). The van der Waals surface area contributed by atoms with Gasteiger partial charge in [-0.25, -0.2) is 0 Å². The molecule has 1 heterocycles. The van der Waals surface area contributed by atoms with E-state index in [9.17, 15) is 0 Å². The Bertz CT molecular complexity index is 281. The first-order valence-electron chi connectivity index (χ1n) is 8.54. The van der Waals surface area contributed by atoms with E-state index in [1.165, 1.54) is 19.4 Å². The lowest BCUT2D eigenvalue weighted by Gasteiger charge is -2.26. The minimum Gasteiger partial charge on any atom is -0.379 e. The SMILES string of the molecule is CCNC(=NCCCCN1CCOCC1)NCCC(C)C.I. The fourth-order valence-corrected chi connectivity index (χ4v) is 2.28. The van der Waals surface area contributed by atoms with Crippen molar-refractivity contribution in [2.45, 2.75) is 40.0 Å². The van der Waals surface area contributed by atoms with E-state index in [1.54, 1.807) is 0 Å². The molecule has 0 saturated carbocycles. The van der Waals surface area contributed by atoms with Crippen LogP contribution in [-0.2, 0) is 4.74 Å². The van der Waals surface area contributed by atoms with Gasteiger partial charge < -0.3 is 15.4 Å². The molecule has 0 aromatic carbocycles. The highest BCUT2D eigenvalue weighted by molar-refractivity contribution is 14.0. The van der Waals surface area contributed by atoms with Crippen LogP contribution in [0.5, 0.6) is 0 Å². The van der Waals surface area contributed by atoms with Crippen LogP contribution in [0.2, 0.25) is 0 Å². The first-order chi connectivity index (χ1) is 10.2. The Morgan fingerprint density at radius 3 is 2.55 bits per heavy atom. The van der Waals surface area contributed by atoms with E-state index in [2.05, 4.69) is 41.3 Å². The molecule has 0 spiro atoms. The second-order valence-electron chi connectivity index (χ2n) is 6.03. The molecule has 1 aliphatic rings. The minimum atomic E-state index is 0. The molecular weight excluding hydrogens is 391 g/mol. The lowest BCUT2D eigenvalue weighted by Crippen LogP contribution is -2.38. The van der Waals surface area contributed by atoms with Gasteiger partial charge in [0.05, 0.1) is 13.2 Å². The van der Waals surface area contributed by atoms with E-state index >= 15 is 0 Å². The summed E-state index contributed by atoms with van der Waals surface area (Å²) in [5.74, 6) is 1.69. The van der Waals surface area contributed by atoms with E-state index in [4.69, 9.17) is 4.74 Å². The zero-order chi connectivity index (χ0) is 15.3. The van der Waals surface area contributed by atoms with Gasteiger partial charge in [-0.05, 0) is 38.6 Å². The van der Waals surface area contributed by atoms with Crippen molar-refractivity contribution in [2.75, 3.05) is 52.5 Å². The zero-order valence-corrected chi connectivity index (χ0v) is 16.9. The van der Waals surface area contributed by atoms with Crippen LogP contribution in [0.1, 0.15) is 40.0 Å². The Balaban J connectivity index is 0.00000441. The van der Waals surface area contributed by atoms with E-state index in [1.807, 2.05) is 0 Å². The van der Waals surface area contributed by atoms with Gasteiger partial charge in [-0.3, -0.25) is 9.89 Å². The van der Waals surface area contributed by atoms with Crippen molar-refractivity contribution in [3.05, 3.63) is 0 Å². The van der Waals surface area contributed by atoms with Crippen LogP contribution < -0.4 is 10.6 Å². The summed E-state index contributed by atoms with van der Waals surface area (Å²) >= 11 is 0. The summed E-state index contributed by atoms with van der Waals surface area (Å²) in [5, 5.41) is 6.71. The van der Waals surface area contributed by atoms with Gasteiger partial charge in [0.1, 0.15) is 0 Å². The molecule has 1 saturated heterocycles. The fourth-order valence-electron chi connectivity index (χ4n) is 2.28.